The molecule has 2 nitrogen and oxygen atoms in total. The smallest absolute Gasteiger partial charge is 0.261 e. The minimum atomic E-state index is -0.0862. The van der Waals surface area contributed by atoms with E-state index < -0.39 is 0 Å². The Morgan fingerprint density at radius 1 is 1.50 bits per heavy atom. The first kappa shape index (κ1) is 11.5. The molecule has 0 saturated carbocycles. The van der Waals surface area contributed by atoms with Crippen molar-refractivity contribution in [1.29, 1.82) is 0 Å². The number of halogens is 1. The van der Waals surface area contributed by atoms with Crippen LogP contribution in [0, 0.1) is 0 Å². The van der Waals surface area contributed by atoms with Gasteiger partial charge >= 0.3 is 0 Å². The van der Waals surface area contributed by atoms with Crippen LogP contribution in [0.3, 0.4) is 0 Å². The van der Waals surface area contributed by atoms with E-state index >= 15 is 0 Å². The second-order valence-electron chi connectivity index (χ2n) is 1.68. The number of thiophene rings is 1. The fraction of sp³-hybridized carbons (Fsp3) is 0.375. The molecule has 0 aliphatic carbocycles. The van der Waals surface area contributed by atoms with Crippen molar-refractivity contribution in [3.8, 4) is 0 Å². The number of carbonyl (C=O) groups excluding carboxylic acids is 1. The zero-order chi connectivity index (χ0) is 9.56. The molecule has 1 aromatic heterocycles. The standard InChI is InChI=1S/C6H6ClNOS.C2H6/c1-8-6(9)4-2-3-5(7)10-4;1-2/h2-3H,1H3,(H,8,9);1-2H3. The number of carbonyl (C=O) groups is 1. The summed E-state index contributed by atoms with van der Waals surface area (Å²) in [6, 6.07) is 3.41. The Labute approximate surface area is 81.6 Å². The summed E-state index contributed by atoms with van der Waals surface area (Å²) in [5, 5.41) is 2.51. The van der Waals surface area contributed by atoms with Crippen LogP contribution in [0.5, 0.6) is 0 Å². The zero-order valence-electron chi connectivity index (χ0n) is 7.35. The van der Waals surface area contributed by atoms with E-state index in [4.69, 9.17) is 11.6 Å². The van der Waals surface area contributed by atoms with Gasteiger partial charge in [0.25, 0.3) is 5.91 Å². The van der Waals surface area contributed by atoms with Crippen LogP contribution in [0.2, 0.25) is 4.34 Å². The van der Waals surface area contributed by atoms with E-state index in [1.54, 1.807) is 19.2 Å². The van der Waals surface area contributed by atoms with Crippen LogP contribution in [0.25, 0.3) is 0 Å². The third-order valence-electron chi connectivity index (χ3n) is 1.02. The van der Waals surface area contributed by atoms with Crippen LogP contribution in [0.15, 0.2) is 12.1 Å². The van der Waals surface area contributed by atoms with Crippen molar-refractivity contribution in [2.24, 2.45) is 0 Å². The van der Waals surface area contributed by atoms with Crippen molar-refractivity contribution in [2.75, 3.05) is 7.05 Å². The average Bonchev–Trinajstić information content (AvgIpc) is 2.54. The molecule has 0 aromatic carbocycles. The highest BCUT2D eigenvalue weighted by Crippen LogP contribution is 2.20. The van der Waals surface area contributed by atoms with Crippen LogP contribution >= 0.6 is 22.9 Å². The number of hydrogen-bond donors (Lipinski definition) is 1. The third-order valence-corrected chi connectivity index (χ3v) is 2.25. The Bertz CT molecular complexity index is 247. The Morgan fingerprint density at radius 2 is 2.08 bits per heavy atom. The monoisotopic (exact) mass is 205 g/mol. The molecule has 0 unspecified atom stereocenters. The van der Waals surface area contributed by atoms with E-state index in [-0.39, 0.29) is 5.91 Å². The van der Waals surface area contributed by atoms with E-state index in [0.717, 1.165) is 0 Å². The molecule has 4 heteroatoms. The molecule has 0 bridgehead atoms. The predicted octanol–water partition coefficient (Wildman–Crippen LogP) is 2.79. The SMILES string of the molecule is CC.CNC(=O)c1ccc(Cl)s1. The summed E-state index contributed by atoms with van der Waals surface area (Å²) >= 11 is 6.87. The zero-order valence-corrected chi connectivity index (χ0v) is 8.92. The lowest BCUT2D eigenvalue weighted by Crippen LogP contribution is -2.15. The molecular weight excluding hydrogens is 194 g/mol. The van der Waals surface area contributed by atoms with Crippen LogP contribution in [-0.4, -0.2) is 13.0 Å². The molecule has 0 spiro atoms. The van der Waals surface area contributed by atoms with Crippen molar-refractivity contribution in [3.63, 3.8) is 0 Å². The molecule has 68 valence electrons. The summed E-state index contributed by atoms with van der Waals surface area (Å²) in [7, 11) is 1.59. The van der Waals surface area contributed by atoms with Crippen LogP contribution < -0.4 is 5.32 Å². The summed E-state index contributed by atoms with van der Waals surface area (Å²) in [5.74, 6) is -0.0862. The molecule has 1 rings (SSSR count). The summed E-state index contributed by atoms with van der Waals surface area (Å²) in [6.45, 7) is 4.00. The Balaban J connectivity index is 0.000000561. The lowest BCUT2D eigenvalue weighted by molar-refractivity contribution is 0.0967. The molecule has 0 radical (unpaired) electrons. The van der Waals surface area contributed by atoms with Gasteiger partial charge in [0.1, 0.15) is 0 Å². The summed E-state index contributed by atoms with van der Waals surface area (Å²) in [4.78, 5) is 11.5. The van der Waals surface area contributed by atoms with Gasteiger partial charge in [-0.1, -0.05) is 25.4 Å². The molecule has 0 saturated heterocycles. The van der Waals surface area contributed by atoms with Crippen molar-refractivity contribution >= 4 is 28.8 Å². The van der Waals surface area contributed by atoms with Crippen molar-refractivity contribution in [1.82, 2.24) is 5.32 Å². The van der Waals surface area contributed by atoms with Crippen molar-refractivity contribution in [3.05, 3.63) is 21.3 Å². The Hall–Kier alpha value is -0.540. The molecule has 0 aliphatic rings. The van der Waals surface area contributed by atoms with Gasteiger partial charge in [-0.2, -0.15) is 0 Å². The number of nitrogens with one attached hydrogen (secondary N) is 1. The molecule has 1 aromatic rings. The van der Waals surface area contributed by atoms with Gasteiger partial charge in [-0.15, -0.1) is 11.3 Å². The molecule has 0 aliphatic heterocycles. The Kier molecular flexibility index (Phi) is 5.76. The fourth-order valence-electron chi connectivity index (χ4n) is 0.560. The maximum atomic E-state index is 10.9. The van der Waals surface area contributed by atoms with Gasteiger partial charge in [-0.3, -0.25) is 4.79 Å². The van der Waals surface area contributed by atoms with E-state index in [2.05, 4.69) is 5.32 Å². The average molecular weight is 206 g/mol. The Morgan fingerprint density at radius 3 is 2.42 bits per heavy atom. The minimum absolute atomic E-state index is 0.0862. The van der Waals surface area contributed by atoms with Gasteiger partial charge in [-0.25, -0.2) is 0 Å². The maximum Gasteiger partial charge on any atom is 0.261 e. The molecule has 0 atom stereocenters. The van der Waals surface area contributed by atoms with Gasteiger partial charge in [0, 0.05) is 7.05 Å². The van der Waals surface area contributed by atoms with Gasteiger partial charge < -0.3 is 5.32 Å². The molecule has 1 heterocycles. The van der Waals surface area contributed by atoms with E-state index in [0.29, 0.717) is 9.21 Å². The van der Waals surface area contributed by atoms with E-state index in [1.165, 1.54) is 11.3 Å². The quantitative estimate of drug-likeness (QED) is 0.751. The lowest BCUT2D eigenvalue weighted by atomic mass is 10.4. The van der Waals surface area contributed by atoms with Gasteiger partial charge in [0.15, 0.2) is 0 Å². The normalized spacial score (nSPS) is 8.33. The first-order valence-corrected chi connectivity index (χ1v) is 4.91. The molecule has 1 amide bonds. The van der Waals surface area contributed by atoms with Gasteiger partial charge in [-0.05, 0) is 12.1 Å². The minimum Gasteiger partial charge on any atom is -0.354 e. The van der Waals surface area contributed by atoms with Gasteiger partial charge in [0.05, 0.1) is 9.21 Å². The lowest BCUT2D eigenvalue weighted by Gasteiger charge is -1.90. The first-order valence-electron chi connectivity index (χ1n) is 3.71. The van der Waals surface area contributed by atoms with Crippen LogP contribution in [0.4, 0.5) is 0 Å². The van der Waals surface area contributed by atoms with Crippen molar-refractivity contribution in [2.45, 2.75) is 13.8 Å². The highest BCUT2D eigenvalue weighted by atomic mass is 35.5. The first-order chi connectivity index (χ1) is 5.74. The van der Waals surface area contributed by atoms with E-state index in [9.17, 15) is 4.79 Å². The topological polar surface area (TPSA) is 29.1 Å². The third kappa shape index (κ3) is 3.24. The highest BCUT2D eigenvalue weighted by molar-refractivity contribution is 7.17. The summed E-state index contributed by atoms with van der Waals surface area (Å²) in [5.41, 5.74) is 0. The highest BCUT2D eigenvalue weighted by Gasteiger charge is 2.04. The summed E-state index contributed by atoms with van der Waals surface area (Å²) < 4.78 is 0.638. The van der Waals surface area contributed by atoms with Crippen LogP contribution in [0.1, 0.15) is 23.5 Å². The fourth-order valence-corrected chi connectivity index (χ4v) is 1.55. The summed E-state index contributed by atoms with van der Waals surface area (Å²) in [6.07, 6.45) is 0. The molecule has 0 fully saturated rings. The number of rotatable bonds is 1. The predicted molar refractivity (Wildman–Crippen MR) is 54.1 cm³/mol. The number of hydrogen-bond acceptors (Lipinski definition) is 2. The largest absolute Gasteiger partial charge is 0.354 e. The molecule has 12 heavy (non-hydrogen) atoms. The second kappa shape index (κ2) is 6.03. The molecule has 1 N–H and O–H groups in total. The van der Waals surface area contributed by atoms with E-state index in [1.807, 2.05) is 13.8 Å². The second-order valence-corrected chi connectivity index (χ2v) is 3.40. The van der Waals surface area contributed by atoms with Gasteiger partial charge in [0.2, 0.25) is 0 Å². The number of amides is 1. The van der Waals surface area contributed by atoms with Crippen molar-refractivity contribution < 1.29 is 4.79 Å². The van der Waals surface area contributed by atoms with Crippen LogP contribution in [-0.2, 0) is 0 Å². The maximum absolute atomic E-state index is 10.9. The molecular formula is C8H12ClNOS.